The minimum absolute atomic E-state index is 0.0168. The van der Waals surface area contributed by atoms with Gasteiger partial charge >= 0.3 is 32.2 Å². The molecule has 386 valence electrons. The van der Waals surface area contributed by atoms with Crippen LogP contribution in [0.5, 0.6) is 11.5 Å². The number of fused-ring (bicyclic) bond motifs is 1. The van der Waals surface area contributed by atoms with Crippen molar-refractivity contribution in [1.29, 1.82) is 0 Å². The molecule has 3 aromatic carbocycles. The molecule has 2 heterocycles. The molecule has 22 heteroatoms. The van der Waals surface area contributed by atoms with Gasteiger partial charge in [0.2, 0.25) is 16.1 Å². The van der Waals surface area contributed by atoms with E-state index in [-0.39, 0.29) is 75.3 Å². The molecule has 1 amide bonds. The summed E-state index contributed by atoms with van der Waals surface area (Å²) in [6.07, 6.45) is -4.40. The van der Waals surface area contributed by atoms with Crippen molar-refractivity contribution in [1.82, 2.24) is 14.3 Å². The number of nitrogens with zero attached hydrogens (tertiary/aromatic N) is 2. The molecule has 0 radical (unpaired) electrons. The molecule has 0 spiro atoms. The van der Waals surface area contributed by atoms with Crippen molar-refractivity contribution in [3.8, 4) is 11.5 Å². The number of aliphatic hydroxyl groups is 1. The number of rotatable bonds is 28. The summed E-state index contributed by atoms with van der Waals surface area (Å²) in [7, 11) is -5.23. The topological polar surface area (TPSA) is 263 Å². The molecule has 0 saturated carbocycles. The normalized spacial score (nSPS) is 19.0. The van der Waals surface area contributed by atoms with Crippen LogP contribution in [0.2, 0.25) is 0 Å². The number of benzene rings is 3. The number of aliphatic carboxylic acids is 2. The summed E-state index contributed by atoms with van der Waals surface area (Å²) in [6.45, 7) is 7.53. The van der Waals surface area contributed by atoms with E-state index in [0.717, 1.165) is 0 Å². The van der Waals surface area contributed by atoms with E-state index in [9.17, 15) is 37.3 Å². The summed E-state index contributed by atoms with van der Waals surface area (Å²) in [5, 5.41) is 30.4. The quantitative estimate of drug-likeness (QED) is 0.0253. The molecule has 2 saturated heterocycles. The number of para-hydroxylation sites is 1. The monoisotopic (exact) mass is 1020 g/mol. The zero-order chi connectivity index (χ0) is 51.2. The van der Waals surface area contributed by atoms with Gasteiger partial charge in [-0.05, 0) is 103 Å². The minimum atomic E-state index is -3.95. The maximum atomic E-state index is 14.0. The fraction of sp³-hybridized carbons (Fsp3) is 0.542. The minimum Gasteiger partial charge on any atom is -0.497 e. The fourth-order valence-corrected chi connectivity index (χ4v) is 10.4. The number of carbonyl (C=O) groups excluding carboxylic acids is 2. The molecular weight excluding hydrogens is 954 g/mol. The van der Waals surface area contributed by atoms with Crippen LogP contribution >= 0.6 is 8.18 Å². The Morgan fingerprint density at radius 2 is 1.51 bits per heavy atom. The molecule has 5 rings (SSSR count). The van der Waals surface area contributed by atoms with Crippen LogP contribution < -0.4 is 14.8 Å². The van der Waals surface area contributed by atoms with Crippen molar-refractivity contribution in [3.05, 3.63) is 90.5 Å². The van der Waals surface area contributed by atoms with Crippen LogP contribution in [0.25, 0.3) is 0 Å². The second kappa shape index (κ2) is 29.2. The number of carboxylic acid groups (broad SMARTS) is 2. The third-order valence-electron chi connectivity index (χ3n) is 11.0. The SMILES string of the molecule is CCOC(=O)C(COc1ccccc1)O[P+](=O)N(CC)C(NC(=O)O[C@@H]1[C@@H]2CCO[C@@H]2O[C@H]1CCC(O)CN(CC(C)C)S(=O)(=O)c1ccc(OC)cc1)c1ccccc1.O=C(O)CCCCC(=O)O. The summed E-state index contributed by atoms with van der Waals surface area (Å²) in [4.78, 5) is 46.7. The Labute approximate surface area is 410 Å². The van der Waals surface area contributed by atoms with Gasteiger partial charge in [-0.1, -0.05) is 62.4 Å². The van der Waals surface area contributed by atoms with E-state index in [1.807, 2.05) is 19.9 Å². The van der Waals surface area contributed by atoms with Gasteiger partial charge in [-0.15, -0.1) is 4.52 Å². The lowest BCUT2D eigenvalue weighted by Gasteiger charge is -2.28. The first-order valence-electron chi connectivity index (χ1n) is 23.3. The van der Waals surface area contributed by atoms with Crippen LogP contribution in [0.1, 0.15) is 84.4 Å². The average Bonchev–Trinajstić information content (AvgIpc) is 3.93. The predicted molar refractivity (Wildman–Crippen MR) is 254 cm³/mol. The van der Waals surface area contributed by atoms with E-state index < -0.39 is 79.1 Å². The van der Waals surface area contributed by atoms with E-state index in [0.29, 0.717) is 42.9 Å². The van der Waals surface area contributed by atoms with Crippen LogP contribution in [0.15, 0.2) is 89.8 Å². The molecule has 2 aliphatic rings. The third-order valence-corrected chi connectivity index (χ3v) is 14.2. The number of unbranched alkanes of at least 4 members (excludes halogenated alkanes) is 1. The van der Waals surface area contributed by atoms with Gasteiger partial charge in [0.25, 0.3) is 0 Å². The average molecular weight is 1020 g/mol. The van der Waals surface area contributed by atoms with Crippen molar-refractivity contribution in [2.75, 3.05) is 46.6 Å². The van der Waals surface area contributed by atoms with Crippen LogP contribution in [0, 0.1) is 11.8 Å². The van der Waals surface area contributed by atoms with E-state index in [1.165, 1.54) is 28.2 Å². The molecule has 4 unspecified atom stereocenters. The van der Waals surface area contributed by atoms with Gasteiger partial charge in [-0.2, -0.15) is 4.31 Å². The van der Waals surface area contributed by atoms with E-state index in [4.69, 9.17) is 43.2 Å². The molecular formula is C48H67N3O17PS+. The number of esters is 1. The lowest BCUT2D eigenvalue weighted by Crippen LogP contribution is -2.43. The summed E-state index contributed by atoms with van der Waals surface area (Å²) in [6, 6.07) is 23.7. The van der Waals surface area contributed by atoms with E-state index in [2.05, 4.69) is 5.32 Å². The number of ether oxygens (including phenoxy) is 6. The lowest BCUT2D eigenvalue weighted by atomic mass is 9.96. The number of methoxy groups -OCH3 is 1. The first kappa shape index (κ1) is 57.3. The van der Waals surface area contributed by atoms with E-state index in [1.54, 1.807) is 80.6 Å². The predicted octanol–water partition coefficient (Wildman–Crippen LogP) is 6.76. The molecule has 20 nitrogen and oxygen atoms in total. The number of hydrogen-bond donors (Lipinski definition) is 4. The summed E-state index contributed by atoms with van der Waals surface area (Å²) in [5.74, 6) is -1.80. The summed E-state index contributed by atoms with van der Waals surface area (Å²) in [5.41, 5.74) is 0.566. The summed E-state index contributed by atoms with van der Waals surface area (Å²) < 4.78 is 84.1. The number of amides is 1. The maximum absolute atomic E-state index is 14.0. The number of carbonyl (C=O) groups is 4. The smallest absolute Gasteiger partial charge is 0.497 e. The molecule has 0 aliphatic carbocycles. The Morgan fingerprint density at radius 1 is 0.886 bits per heavy atom. The number of alkyl carbamates (subject to hydrolysis) is 1. The Balaban J connectivity index is 0.000000956. The molecule has 3 aromatic rings. The fourth-order valence-electron chi connectivity index (χ4n) is 7.63. The second-order valence-electron chi connectivity index (χ2n) is 16.8. The van der Waals surface area contributed by atoms with Crippen molar-refractivity contribution >= 4 is 42.2 Å². The van der Waals surface area contributed by atoms with Crippen LogP contribution in [0.4, 0.5) is 4.79 Å². The van der Waals surface area contributed by atoms with Gasteiger partial charge in [0, 0.05) is 32.5 Å². The number of sulfonamides is 1. The molecule has 0 bridgehead atoms. The highest BCUT2D eigenvalue weighted by Gasteiger charge is 2.51. The van der Waals surface area contributed by atoms with Gasteiger partial charge in [0.15, 0.2) is 12.5 Å². The largest absolute Gasteiger partial charge is 0.619 e. The molecule has 70 heavy (non-hydrogen) atoms. The molecule has 2 aliphatic heterocycles. The van der Waals surface area contributed by atoms with Gasteiger partial charge in [-0.3, -0.25) is 14.9 Å². The number of nitrogens with one attached hydrogen (secondary N) is 1. The highest BCUT2D eigenvalue weighted by Crippen LogP contribution is 2.41. The zero-order valence-corrected chi connectivity index (χ0v) is 41.9. The number of carboxylic acids is 2. The first-order chi connectivity index (χ1) is 33.5. The van der Waals surface area contributed by atoms with Gasteiger partial charge < -0.3 is 43.7 Å². The second-order valence-corrected chi connectivity index (χ2v) is 19.9. The molecule has 8 atom stereocenters. The molecule has 4 N–H and O–H groups in total. The Bertz CT molecular complexity index is 2190. The maximum Gasteiger partial charge on any atom is 0.619 e. The highest BCUT2D eigenvalue weighted by molar-refractivity contribution is 7.89. The van der Waals surface area contributed by atoms with Crippen LogP contribution in [0.3, 0.4) is 0 Å². The standard InChI is InChI=1S/C42H56N3O13PS.C6H10O4/c1-6-45(59(49)58-37(40(47)53-7-2)28-55-33-16-12-9-13-17-33)39(30-14-10-8-11-15-30)43-42(48)57-38-35-24-25-54-41(35)56-36(38)23-18-31(46)27-44(26-29(3)4)60(50,51)34-21-19-32(52-5)20-22-34;7-5(8)3-1-2-4-6(9)10/h8-17,19-22,29,31,35-39,41,46H,6-7,18,23-28H2,1-5H3;1-4H2,(H,7,8)(H,9,10)/p+1/t31?,35-,36-,37?,38+,39?,41+;/m0./s1. The first-order valence-corrected chi connectivity index (χ1v) is 25.8. The summed E-state index contributed by atoms with van der Waals surface area (Å²) >= 11 is 0. The van der Waals surface area contributed by atoms with Gasteiger partial charge in [0.05, 0.1) is 43.3 Å². The van der Waals surface area contributed by atoms with Crippen molar-refractivity contribution in [2.24, 2.45) is 11.8 Å². The zero-order valence-electron chi connectivity index (χ0n) is 40.2. The van der Waals surface area contributed by atoms with Crippen molar-refractivity contribution in [3.63, 3.8) is 0 Å². The van der Waals surface area contributed by atoms with Gasteiger partial charge in [-0.25, -0.2) is 18.0 Å². The lowest BCUT2D eigenvalue weighted by molar-refractivity contribution is -0.152. The Morgan fingerprint density at radius 3 is 2.09 bits per heavy atom. The molecule has 0 aromatic heterocycles. The number of aliphatic hydroxyl groups excluding tert-OH is 1. The Kier molecular flexibility index (Phi) is 23.9. The van der Waals surface area contributed by atoms with Crippen LogP contribution in [-0.4, -0.2) is 134 Å². The van der Waals surface area contributed by atoms with E-state index >= 15 is 0 Å². The third kappa shape index (κ3) is 18.2. The van der Waals surface area contributed by atoms with Crippen molar-refractivity contribution in [2.45, 2.75) is 114 Å². The van der Waals surface area contributed by atoms with Crippen molar-refractivity contribution < 1.29 is 80.4 Å². The Hall–Kier alpha value is -5.25. The van der Waals surface area contributed by atoms with Crippen LogP contribution in [-0.2, 0) is 52.4 Å². The highest BCUT2D eigenvalue weighted by atomic mass is 32.2. The number of hydrogen-bond acceptors (Lipinski definition) is 15. The molecule has 2 fully saturated rings. The van der Waals surface area contributed by atoms with Gasteiger partial charge in [0.1, 0.15) is 24.2 Å².